The second-order valence-corrected chi connectivity index (χ2v) is 5.01. The van der Waals surface area contributed by atoms with Gasteiger partial charge < -0.3 is 5.32 Å². The van der Waals surface area contributed by atoms with Crippen LogP contribution in [0.15, 0.2) is 18.2 Å². The number of rotatable bonds is 5. The van der Waals surface area contributed by atoms with Crippen LogP contribution in [-0.2, 0) is 6.54 Å². The highest BCUT2D eigenvalue weighted by Gasteiger charge is 2.17. The first kappa shape index (κ1) is 14.2. The van der Waals surface area contributed by atoms with Crippen LogP contribution in [0.5, 0.6) is 0 Å². The smallest absolute Gasteiger partial charge is 0.165 e. The Balaban J connectivity index is 2.28. The third kappa shape index (κ3) is 3.23. The first-order valence-electron chi connectivity index (χ1n) is 6.06. The molecule has 1 heterocycles. The van der Waals surface area contributed by atoms with Crippen LogP contribution in [0.4, 0.5) is 0 Å². The summed E-state index contributed by atoms with van der Waals surface area (Å²) in [5.41, 5.74) is 0.941. The summed E-state index contributed by atoms with van der Waals surface area (Å²) < 4.78 is 1.76. The summed E-state index contributed by atoms with van der Waals surface area (Å²) >= 11 is 12.1. The van der Waals surface area contributed by atoms with Crippen molar-refractivity contribution in [3.8, 4) is 0 Å². The van der Waals surface area contributed by atoms with E-state index in [-0.39, 0.29) is 6.04 Å². The Hall–Kier alpha value is -1.17. The first-order valence-corrected chi connectivity index (χ1v) is 6.81. The molecule has 0 fully saturated rings. The van der Waals surface area contributed by atoms with E-state index in [1.165, 1.54) is 0 Å². The van der Waals surface area contributed by atoms with Gasteiger partial charge in [0.05, 0.1) is 12.6 Å². The first-order chi connectivity index (χ1) is 9.13. The average Bonchev–Trinajstić information content (AvgIpc) is 2.83. The van der Waals surface area contributed by atoms with Crippen LogP contribution in [0.2, 0.25) is 10.0 Å². The number of tetrazole rings is 1. The Morgan fingerprint density at radius 3 is 2.84 bits per heavy atom. The van der Waals surface area contributed by atoms with Gasteiger partial charge in [0.25, 0.3) is 0 Å². The zero-order valence-corrected chi connectivity index (χ0v) is 12.3. The molecule has 0 aliphatic rings. The van der Waals surface area contributed by atoms with Gasteiger partial charge in [0, 0.05) is 10.0 Å². The summed E-state index contributed by atoms with van der Waals surface area (Å²) in [5.74, 6) is 0.778. The van der Waals surface area contributed by atoms with Crippen molar-refractivity contribution in [2.45, 2.75) is 26.4 Å². The fourth-order valence-electron chi connectivity index (χ4n) is 1.84. The van der Waals surface area contributed by atoms with E-state index >= 15 is 0 Å². The van der Waals surface area contributed by atoms with E-state index in [9.17, 15) is 0 Å². The van der Waals surface area contributed by atoms with Crippen LogP contribution in [0.3, 0.4) is 0 Å². The van der Waals surface area contributed by atoms with E-state index < -0.39 is 0 Å². The maximum Gasteiger partial charge on any atom is 0.165 e. The number of benzene rings is 1. The van der Waals surface area contributed by atoms with Gasteiger partial charge in [-0.2, -0.15) is 0 Å². The minimum atomic E-state index is -0.0478. The molecule has 5 nitrogen and oxygen atoms in total. The fourth-order valence-corrected chi connectivity index (χ4v) is 2.40. The van der Waals surface area contributed by atoms with Crippen molar-refractivity contribution in [2.75, 3.05) is 6.54 Å². The van der Waals surface area contributed by atoms with Crippen molar-refractivity contribution < 1.29 is 0 Å². The van der Waals surface area contributed by atoms with Gasteiger partial charge in [-0.1, -0.05) is 36.2 Å². The van der Waals surface area contributed by atoms with Crippen molar-refractivity contribution in [1.82, 2.24) is 25.5 Å². The maximum absolute atomic E-state index is 6.22. The Bertz CT molecular complexity index is 555. The van der Waals surface area contributed by atoms with Gasteiger partial charge in [-0.3, -0.25) is 0 Å². The van der Waals surface area contributed by atoms with E-state index in [1.54, 1.807) is 10.7 Å². The topological polar surface area (TPSA) is 55.6 Å². The third-order valence-electron chi connectivity index (χ3n) is 2.87. The van der Waals surface area contributed by atoms with Crippen molar-refractivity contribution in [3.63, 3.8) is 0 Å². The molecule has 1 atom stereocenters. The van der Waals surface area contributed by atoms with E-state index in [1.807, 2.05) is 26.0 Å². The van der Waals surface area contributed by atoms with Crippen LogP contribution in [0.25, 0.3) is 0 Å². The van der Waals surface area contributed by atoms with Crippen molar-refractivity contribution in [1.29, 1.82) is 0 Å². The van der Waals surface area contributed by atoms with Crippen LogP contribution in [0.1, 0.15) is 31.3 Å². The van der Waals surface area contributed by atoms with Gasteiger partial charge >= 0.3 is 0 Å². The Labute approximate surface area is 121 Å². The lowest BCUT2D eigenvalue weighted by atomic mass is 10.1. The molecule has 0 amide bonds. The van der Waals surface area contributed by atoms with Crippen LogP contribution < -0.4 is 5.32 Å². The predicted molar refractivity (Wildman–Crippen MR) is 75.5 cm³/mol. The zero-order chi connectivity index (χ0) is 13.8. The molecule has 19 heavy (non-hydrogen) atoms. The second kappa shape index (κ2) is 6.32. The number of nitrogens with one attached hydrogen (secondary N) is 1. The van der Waals surface area contributed by atoms with Crippen molar-refractivity contribution in [2.24, 2.45) is 0 Å². The number of nitrogens with zero attached hydrogens (tertiary/aromatic N) is 4. The monoisotopic (exact) mass is 299 g/mol. The van der Waals surface area contributed by atoms with Crippen LogP contribution >= 0.6 is 23.2 Å². The number of aromatic nitrogens is 4. The molecule has 7 heteroatoms. The normalized spacial score (nSPS) is 12.6. The molecule has 0 aliphatic carbocycles. The molecule has 0 radical (unpaired) electrons. The number of halogens is 2. The van der Waals surface area contributed by atoms with Gasteiger partial charge in [0.15, 0.2) is 5.82 Å². The Kier molecular flexibility index (Phi) is 4.74. The molecule has 1 unspecified atom stereocenters. The Morgan fingerprint density at radius 1 is 1.37 bits per heavy atom. The standard InChI is InChI=1S/C12H15Cl2N5/c1-3-15-7-12-16-17-18-19(12)8(2)10-5-4-9(13)6-11(10)14/h4-6,8,15H,3,7H2,1-2H3. The largest absolute Gasteiger partial charge is 0.310 e. The summed E-state index contributed by atoms with van der Waals surface area (Å²) in [7, 11) is 0. The van der Waals surface area contributed by atoms with Gasteiger partial charge in [-0.25, -0.2) is 4.68 Å². The Morgan fingerprint density at radius 2 is 2.16 bits per heavy atom. The van der Waals surface area contributed by atoms with Gasteiger partial charge in [0.2, 0.25) is 0 Å². The molecule has 2 rings (SSSR count). The third-order valence-corrected chi connectivity index (χ3v) is 3.44. The summed E-state index contributed by atoms with van der Waals surface area (Å²) in [5, 5.41) is 16.2. The summed E-state index contributed by atoms with van der Waals surface area (Å²) in [6.45, 7) is 5.52. The number of hydrogen-bond donors (Lipinski definition) is 1. The lowest BCUT2D eigenvalue weighted by molar-refractivity contribution is 0.508. The lowest BCUT2D eigenvalue weighted by Gasteiger charge is -2.15. The second-order valence-electron chi connectivity index (χ2n) is 4.16. The molecule has 2 aromatic rings. The molecular weight excluding hydrogens is 285 g/mol. The SMILES string of the molecule is CCNCc1nnnn1C(C)c1ccc(Cl)cc1Cl. The predicted octanol–water partition coefficient (Wildman–Crippen LogP) is 2.70. The van der Waals surface area contributed by atoms with E-state index in [0.717, 1.165) is 17.9 Å². The summed E-state index contributed by atoms with van der Waals surface area (Å²) in [4.78, 5) is 0. The van der Waals surface area contributed by atoms with E-state index in [2.05, 4.69) is 20.8 Å². The van der Waals surface area contributed by atoms with Gasteiger partial charge in [0.1, 0.15) is 0 Å². The molecule has 0 spiro atoms. The molecule has 102 valence electrons. The molecule has 1 aromatic heterocycles. The molecule has 0 saturated carbocycles. The van der Waals surface area contributed by atoms with E-state index in [4.69, 9.17) is 23.2 Å². The lowest BCUT2D eigenvalue weighted by Crippen LogP contribution is -2.19. The highest BCUT2D eigenvalue weighted by Crippen LogP contribution is 2.28. The molecule has 0 aliphatic heterocycles. The highest BCUT2D eigenvalue weighted by atomic mass is 35.5. The zero-order valence-electron chi connectivity index (χ0n) is 10.8. The average molecular weight is 300 g/mol. The van der Waals surface area contributed by atoms with Crippen molar-refractivity contribution >= 4 is 23.2 Å². The minimum absolute atomic E-state index is 0.0478. The minimum Gasteiger partial charge on any atom is -0.310 e. The van der Waals surface area contributed by atoms with Crippen LogP contribution in [0, 0.1) is 0 Å². The number of hydrogen-bond acceptors (Lipinski definition) is 4. The van der Waals surface area contributed by atoms with Crippen LogP contribution in [-0.4, -0.2) is 26.8 Å². The van der Waals surface area contributed by atoms with Crippen molar-refractivity contribution in [3.05, 3.63) is 39.6 Å². The molecular formula is C12H15Cl2N5. The van der Waals surface area contributed by atoms with Gasteiger partial charge in [-0.15, -0.1) is 5.10 Å². The molecule has 1 aromatic carbocycles. The molecule has 1 N–H and O–H groups in total. The molecule has 0 bridgehead atoms. The fraction of sp³-hybridized carbons (Fsp3) is 0.417. The van der Waals surface area contributed by atoms with E-state index in [0.29, 0.717) is 16.6 Å². The maximum atomic E-state index is 6.22. The summed E-state index contributed by atoms with van der Waals surface area (Å²) in [6, 6.07) is 5.39. The highest BCUT2D eigenvalue weighted by molar-refractivity contribution is 6.35. The van der Waals surface area contributed by atoms with Gasteiger partial charge in [-0.05, 0) is 41.6 Å². The molecule has 0 saturated heterocycles. The quantitative estimate of drug-likeness (QED) is 0.922. The summed E-state index contributed by atoms with van der Waals surface area (Å²) in [6.07, 6.45) is 0.